The van der Waals surface area contributed by atoms with Crippen LogP contribution in [-0.4, -0.2) is 73.4 Å². The largest absolute Gasteiger partial charge is 0.472 e. The normalized spacial score (nSPS) is 14.5. The summed E-state index contributed by atoms with van der Waals surface area (Å²) in [6.07, 6.45) is 45.0. The number of nitrogens with one attached hydrogen (secondary N) is 1. The minimum absolute atomic E-state index is 0.0702. The van der Waals surface area contributed by atoms with E-state index >= 15 is 0 Å². The maximum Gasteiger partial charge on any atom is 0.472 e. The average molecular weight is 800 g/mol. The molecule has 55 heavy (non-hydrogen) atoms. The molecule has 0 aromatic carbocycles. The van der Waals surface area contributed by atoms with Gasteiger partial charge in [-0.05, 0) is 64.2 Å². The molecular formula is C46H92N2O6P+. The van der Waals surface area contributed by atoms with Gasteiger partial charge in [0.05, 0.1) is 39.9 Å². The summed E-state index contributed by atoms with van der Waals surface area (Å²) < 4.78 is 23.6. The Morgan fingerprint density at radius 1 is 0.600 bits per heavy atom. The molecule has 0 rings (SSSR count). The van der Waals surface area contributed by atoms with Gasteiger partial charge in [0, 0.05) is 6.42 Å². The van der Waals surface area contributed by atoms with Crippen LogP contribution in [0.5, 0.6) is 0 Å². The lowest BCUT2D eigenvalue weighted by Gasteiger charge is -2.26. The smallest absolute Gasteiger partial charge is 0.391 e. The molecule has 0 heterocycles. The van der Waals surface area contributed by atoms with Gasteiger partial charge in [0.2, 0.25) is 5.91 Å². The van der Waals surface area contributed by atoms with Gasteiger partial charge >= 0.3 is 7.82 Å². The quantitative estimate of drug-likeness (QED) is 0.0246. The molecule has 9 heteroatoms. The molecule has 0 aliphatic heterocycles. The highest BCUT2D eigenvalue weighted by Gasteiger charge is 2.28. The topological polar surface area (TPSA) is 105 Å². The number of aliphatic hydroxyl groups excluding tert-OH is 1. The SMILES string of the molecule is CCCCCCCC/C=C/CCCCCCCCCCCCCC(=O)N[C@@H](COP(=O)(O)OCC[N+](C)(C)C)[C@H](O)CCCC/C=C/CCCCCCCC. The summed E-state index contributed by atoms with van der Waals surface area (Å²) in [4.78, 5) is 23.1. The Hall–Kier alpha value is -1.02. The summed E-state index contributed by atoms with van der Waals surface area (Å²) in [6.45, 7) is 4.85. The summed E-state index contributed by atoms with van der Waals surface area (Å²) in [5.74, 6) is -0.155. The van der Waals surface area contributed by atoms with Crippen LogP contribution >= 0.6 is 7.82 Å². The Bertz CT molecular complexity index is 953. The van der Waals surface area contributed by atoms with E-state index in [9.17, 15) is 19.4 Å². The predicted octanol–water partition coefficient (Wildman–Crippen LogP) is 12.9. The predicted molar refractivity (Wildman–Crippen MR) is 235 cm³/mol. The number of aliphatic hydroxyl groups is 1. The molecule has 3 atom stereocenters. The molecule has 0 aliphatic carbocycles. The van der Waals surface area contributed by atoms with Crippen LogP contribution in [0.25, 0.3) is 0 Å². The van der Waals surface area contributed by atoms with Crippen LogP contribution in [0.2, 0.25) is 0 Å². The first kappa shape index (κ1) is 54.0. The summed E-state index contributed by atoms with van der Waals surface area (Å²) in [7, 11) is 1.60. The van der Waals surface area contributed by atoms with Crippen molar-refractivity contribution in [1.29, 1.82) is 0 Å². The third-order valence-electron chi connectivity index (χ3n) is 10.4. The molecule has 8 nitrogen and oxygen atoms in total. The van der Waals surface area contributed by atoms with Crippen molar-refractivity contribution in [2.45, 2.75) is 225 Å². The Morgan fingerprint density at radius 3 is 1.40 bits per heavy atom. The molecular weight excluding hydrogens is 707 g/mol. The number of phosphoric ester groups is 1. The van der Waals surface area contributed by atoms with Crippen LogP contribution in [0.4, 0.5) is 0 Å². The summed E-state index contributed by atoms with van der Waals surface area (Å²) in [6, 6.07) is -0.774. The van der Waals surface area contributed by atoms with Crippen molar-refractivity contribution in [2.24, 2.45) is 0 Å². The van der Waals surface area contributed by atoms with Gasteiger partial charge in [-0.2, -0.15) is 0 Å². The van der Waals surface area contributed by atoms with E-state index in [-0.39, 0.29) is 19.1 Å². The molecule has 0 aliphatic rings. The molecule has 0 spiro atoms. The van der Waals surface area contributed by atoms with E-state index in [2.05, 4.69) is 43.5 Å². The van der Waals surface area contributed by atoms with Crippen LogP contribution in [0.1, 0.15) is 213 Å². The number of nitrogens with zero attached hydrogens (tertiary/aromatic N) is 1. The Labute approximate surface area is 341 Å². The third kappa shape index (κ3) is 41.0. The van der Waals surface area contributed by atoms with Gasteiger partial charge in [0.1, 0.15) is 13.2 Å². The lowest BCUT2D eigenvalue weighted by atomic mass is 10.0. The number of rotatable bonds is 42. The highest BCUT2D eigenvalue weighted by Crippen LogP contribution is 2.43. The first-order valence-electron chi connectivity index (χ1n) is 23.2. The van der Waals surface area contributed by atoms with E-state index in [1.807, 2.05) is 21.1 Å². The molecule has 0 aromatic heterocycles. The maximum atomic E-state index is 12.9. The minimum atomic E-state index is -4.32. The van der Waals surface area contributed by atoms with Crippen LogP contribution in [0, 0.1) is 0 Å². The van der Waals surface area contributed by atoms with Gasteiger partial charge in [0.25, 0.3) is 0 Å². The second-order valence-electron chi connectivity index (χ2n) is 17.1. The van der Waals surface area contributed by atoms with Gasteiger partial charge < -0.3 is 19.8 Å². The molecule has 0 bridgehead atoms. The number of hydrogen-bond acceptors (Lipinski definition) is 5. The molecule has 326 valence electrons. The van der Waals surface area contributed by atoms with E-state index in [0.29, 0.717) is 23.9 Å². The van der Waals surface area contributed by atoms with Gasteiger partial charge in [-0.1, -0.05) is 167 Å². The monoisotopic (exact) mass is 800 g/mol. The number of carbonyl (C=O) groups excluding carboxylic acids is 1. The average Bonchev–Trinajstić information content (AvgIpc) is 3.13. The fourth-order valence-electron chi connectivity index (χ4n) is 6.68. The maximum absolute atomic E-state index is 12.9. The standard InChI is InChI=1S/C46H91N2O6P/c1-6-8-10-12-14-16-18-20-21-22-23-24-25-26-27-28-30-32-34-36-38-40-46(50)47-44(43-54-55(51,52)53-42-41-48(3,4)5)45(49)39-37-35-33-31-29-19-17-15-13-11-9-7-2/h20-21,29,31,44-45,49H,6-19,22-28,30,32-43H2,1-5H3,(H-,47,50,51,52)/p+1/b21-20+,31-29+/t44-,45+/m0/s1. The zero-order chi connectivity index (χ0) is 40.7. The summed E-state index contributed by atoms with van der Waals surface area (Å²) in [5.41, 5.74) is 0. The molecule has 0 aromatic rings. The van der Waals surface area contributed by atoms with E-state index in [4.69, 9.17) is 9.05 Å². The Balaban J connectivity index is 4.27. The van der Waals surface area contributed by atoms with Crippen LogP contribution in [0.15, 0.2) is 24.3 Å². The van der Waals surface area contributed by atoms with Crippen molar-refractivity contribution >= 4 is 13.7 Å². The molecule has 1 amide bonds. The fourth-order valence-corrected chi connectivity index (χ4v) is 7.42. The van der Waals surface area contributed by atoms with Crippen LogP contribution < -0.4 is 5.32 Å². The van der Waals surface area contributed by atoms with Gasteiger partial charge in [0.15, 0.2) is 0 Å². The van der Waals surface area contributed by atoms with Crippen molar-refractivity contribution < 1.29 is 32.9 Å². The van der Waals surface area contributed by atoms with Crippen LogP contribution in [-0.2, 0) is 18.4 Å². The molecule has 0 saturated heterocycles. The molecule has 0 fully saturated rings. The van der Waals surface area contributed by atoms with Crippen molar-refractivity contribution in [1.82, 2.24) is 5.32 Å². The van der Waals surface area contributed by atoms with E-state index in [0.717, 1.165) is 44.9 Å². The second kappa shape index (κ2) is 38.5. The Morgan fingerprint density at radius 2 is 0.982 bits per heavy atom. The van der Waals surface area contributed by atoms with Crippen molar-refractivity contribution in [3.05, 3.63) is 24.3 Å². The van der Waals surface area contributed by atoms with Crippen molar-refractivity contribution in [3.8, 4) is 0 Å². The first-order chi connectivity index (χ1) is 26.5. The Kier molecular flexibility index (Phi) is 37.8. The number of phosphoric acid groups is 1. The third-order valence-corrected chi connectivity index (χ3v) is 11.4. The fraction of sp³-hybridized carbons (Fsp3) is 0.891. The highest BCUT2D eigenvalue weighted by atomic mass is 31.2. The first-order valence-corrected chi connectivity index (χ1v) is 24.7. The van der Waals surface area contributed by atoms with E-state index in [1.165, 1.54) is 141 Å². The zero-order valence-electron chi connectivity index (χ0n) is 36.9. The van der Waals surface area contributed by atoms with Crippen molar-refractivity contribution in [3.63, 3.8) is 0 Å². The van der Waals surface area contributed by atoms with Crippen LogP contribution in [0.3, 0.4) is 0 Å². The summed E-state index contributed by atoms with van der Waals surface area (Å²) >= 11 is 0. The number of unbranched alkanes of at least 4 members (excludes halogenated alkanes) is 25. The number of likely N-dealkylation sites (N-methyl/N-ethyl adjacent to an activating group) is 1. The second-order valence-corrected chi connectivity index (χ2v) is 18.6. The number of carbonyl (C=O) groups is 1. The molecule has 0 saturated carbocycles. The number of allylic oxidation sites excluding steroid dienone is 4. The lowest BCUT2D eigenvalue weighted by molar-refractivity contribution is -0.870. The zero-order valence-corrected chi connectivity index (χ0v) is 37.8. The minimum Gasteiger partial charge on any atom is -0.391 e. The van der Waals surface area contributed by atoms with Gasteiger partial charge in [-0.3, -0.25) is 13.8 Å². The summed E-state index contributed by atoms with van der Waals surface area (Å²) in [5, 5.41) is 13.9. The number of hydrogen-bond donors (Lipinski definition) is 3. The molecule has 3 N–H and O–H groups in total. The van der Waals surface area contributed by atoms with Gasteiger partial charge in [-0.25, -0.2) is 4.57 Å². The van der Waals surface area contributed by atoms with E-state index < -0.39 is 20.0 Å². The number of amides is 1. The molecule has 1 unspecified atom stereocenters. The highest BCUT2D eigenvalue weighted by molar-refractivity contribution is 7.47. The van der Waals surface area contributed by atoms with Crippen molar-refractivity contribution in [2.75, 3.05) is 40.9 Å². The molecule has 0 radical (unpaired) electrons. The lowest BCUT2D eigenvalue weighted by Crippen LogP contribution is -2.46. The number of quaternary nitrogens is 1. The van der Waals surface area contributed by atoms with E-state index in [1.54, 1.807) is 0 Å². The van der Waals surface area contributed by atoms with Gasteiger partial charge in [-0.15, -0.1) is 0 Å².